The lowest BCUT2D eigenvalue weighted by Crippen LogP contribution is -2.61. The van der Waals surface area contributed by atoms with Crippen molar-refractivity contribution in [1.82, 2.24) is 47.9 Å². The van der Waals surface area contributed by atoms with Crippen LogP contribution in [0.5, 0.6) is 5.75 Å². The molecule has 1 rings (SSSR count). The first-order valence-corrected chi connectivity index (χ1v) is 25.8. The van der Waals surface area contributed by atoms with Crippen molar-refractivity contribution in [3.05, 3.63) is 29.8 Å². The molecule has 0 aliphatic carbocycles. The molecular formula is C50H81N13O17. The van der Waals surface area contributed by atoms with Crippen LogP contribution in [0.1, 0.15) is 106 Å². The first-order valence-electron chi connectivity index (χ1n) is 25.8. The SMILES string of the molecule is CC(C)C[C@H](NC(=O)[C@H](CC(=O)O)NC(=O)[C@H](CCCN=C(N)N)NC(=O)[C@@H](N)Cc1ccc(O)cc1)C(=O)N[C@@H](CCC(=O)O)C(=O)N[C@H](C(=O)N[C@H](C(=O)N[C@@H](C)C(=O)N[C@@H](C)C(=O)N[C@H](C(=O)O)[C@@H](C)O)C(C)C)C(C)C. The lowest BCUT2D eigenvalue weighted by Gasteiger charge is -2.30. The number of carboxylic acid groups (broad SMARTS) is 3. The van der Waals surface area contributed by atoms with Gasteiger partial charge in [-0.2, -0.15) is 0 Å². The molecule has 0 unspecified atom stereocenters. The van der Waals surface area contributed by atoms with Crippen LogP contribution in [0.3, 0.4) is 0 Å². The molecule has 0 fully saturated rings. The van der Waals surface area contributed by atoms with Crippen LogP contribution < -0.4 is 65.1 Å². The number of aliphatic carboxylic acids is 3. The van der Waals surface area contributed by atoms with Gasteiger partial charge in [0.05, 0.1) is 18.6 Å². The van der Waals surface area contributed by atoms with Gasteiger partial charge in [0, 0.05) is 13.0 Å². The van der Waals surface area contributed by atoms with E-state index in [1.54, 1.807) is 27.7 Å². The Kier molecular flexibility index (Phi) is 29.7. The average Bonchev–Trinajstić information content (AvgIpc) is 3.34. The van der Waals surface area contributed by atoms with Gasteiger partial charge in [-0.1, -0.05) is 53.7 Å². The van der Waals surface area contributed by atoms with Gasteiger partial charge in [0.2, 0.25) is 53.2 Å². The Morgan fingerprint density at radius 3 is 1.43 bits per heavy atom. The van der Waals surface area contributed by atoms with Crippen molar-refractivity contribution in [1.29, 1.82) is 0 Å². The fourth-order valence-electron chi connectivity index (χ4n) is 7.48. The van der Waals surface area contributed by atoms with Crippen LogP contribution in [0.2, 0.25) is 0 Å². The van der Waals surface area contributed by atoms with Gasteiger partial charge in [-0.3, -0.25) is 57.7 Å². The summed E-state index contributed by atoms with van der Waals surface area (Å²) in [6, 6.07) is -9.04. The third-order valence-corrected chi connectivity index (χ3v) is 12.0. The predicted octanol–water partition coefficient (Wildman–Crippen LogP) is -4.12. The number of carbonyl (C=O) groups is 12. The minimum absolute atomic E-state index is 0.00408. The molecular weight excluding hydrogens is 1050 g/mol. The summed E-state index contributed by atoms with van der Waals surface area (Å²) < 4.78 is 0. The normalized spacial score (nSPS) is 15.3. The van der Waals surface area contributed by atoms with Crippen molar-refractivity contribution in [2.45, 2.75) is 174 Å². The van der Waals surface area contributed by atoms with Crippen molar-refractivity contribution in [3.63, 3.8) is 0 Å². The number of aromatic hydroxyl groups is 1. The fraction of sp³-hybridized carbons (Fsp3) is 0.620. The number of carboxylic acids is 3. The molecule has 0 aliphatic rings. The number of phenolic OH excluding ortho intramolecular Hbond substituents is 1. The van der Waals surface area contributed by atoms with Gasteiger partial charge in [-0.15, -0.1) is 0 Å². The third kappa shape index (κ3) is 25.5. The molecule has 1 aromatic rings. The number of hydrogen-bond donors (Lipinski definition) is 17. The largest absolute Gasteiger partial charge is 0.508 e. The molecule has 0 saturated carbocycles. The molecule has 80 heavy (non-hydrogen) atoms. The van der Waals surface area contributed by atoms with Gasteiger partial charge >= 0.3 is 17.9 Å². The molecule has 0 heterocycles. The van der Waals surface area contributed by atoms with E-state index < -0.39 is 169 Å². The highest BCUT2D eigenvalue weighted by Crippen LogP contribution is 2.14. The van der Waals surface area contributed by atoms with Gasteiger partial charge in [0.1, 0.15) is 54.1 Å². The molecule has 11 atom stereocenters. The highest BCUT2D eigenvalue weighted by Gasteiger charge is 2.37. The van der Waals surface area contributed by atoms with Crippen LogP contribution in [0.25, 0.3) is 0 Å². The van der Waals surface area contributed by atoms with E-state index in [1.165, 1.54) is 52.0 Å². The summed E-state index contributed by atoms with van der Waals surface area (Å²) in [4.78, 5) is 161. The van der Waals surface area contributed by atoms with Crippen molar-refractivity contribution < 1.29 is 83.1 Å². The van der Waals surface area contributed by atoms with Gasteiger partial charge < -0.3 is 90.6 Å². The van der Waals surface area contributed by atoms with Crippen molar-refractivity contribution in [2.24, 2.45) is 39.9 Å². The maximum Gasteiger partial charge on any atom is 0.328 e. The minimum atomic E-state index is -1.88. The maximum absolute atomic E-state index is 14.1. The molecule has 0 spiro atoms. The second-order valence-electron chi connectivity index (χ2n) is 20.3. The molecule has 448 valence electrons. The number of nitrogens with one attached hydrogen (secondary N) is 9. The summed E-state index contributed by atoms with van der Waals surface area (Å²) in [6.45, 7) is 13.1. The number of nitrogens with zero attached hydrogens (tertiary/aromatic N) is 1. The zero-order valence-corrected chi connectivity index (χ0v) is 46.4. The Morgan fingerprint density at radius 1 is 0.512 bits per heavy atom. The first-order chi connectivity index (χ1) is 37.1. The van der Waals surface area contributed by atoms with Crippen LogP contribution in [0, 0.1) is 17.8 Å². The summed E-state index contributed by atoms with van der Waals surface area (Å²) in [5.74, 6) is -15.2. The molecule has 20 N–H and O–H groups in total. The minimum Gasteiger partial charge on any atom is -0.508 e. The van der Waals surface area contributed by atoms with Gasteiger partial charge in [0.15, 0.2) is 12.0 Å². The topological polar surface area (TPSA) is 505 Å². The number of aliphatic hydroxyl groups excluding tert-OH is 1. The molecule has 0 aliphatic heterocycles. The van der Waals surface area contributed by atoms with E-state index in [1.807, 2.05) is 0 Å². The molecule has 30 nitrogen and oxygen atoms in total. The van der Waals surface area contributed by atoms with Crippen LogP contribution in [0.15, 0.2) is 29.3 Å². The Labute approximate surface area is 462 Å². The van der Waals surface area contributed by atoms with Gasteiger partial charge in [-0.25, -0.2) is 4.79 Å². The highest BCUT2D eigenvalue weighted by molar-refractivity contribution is 5.99. The van der Waals surface area contributed by atoms with E-state index in [0.29, 0.717) is 5.56 Å². The Balaban J connectivity index is 3.37. The summed E-state index contributed by atoms with van der Waals surface area (Å²) in [5, 5.41) is 69.5. The number of aliphatic imine (C=N–C) groups is 1. The Morgan fingerprint density at radius 2 is 0.938 bits per heavy atom. The molecule has 0 bridgehead atoms. The molecule has 1 aromatic carbocycles. The van der Waals surface area contributed by atoms with Crippen molar-refractivity contribution in [3.8, 4) is 5.75 Å². The number of benzene rings is 1. The summed E-state index contributed by atoms with van der Waals surface area (Å²) >= 11 is 0. The predicted molar refractivity (Wildman–Crippen MR) is 286 cm³/mol. The Hall–Kier alpha value is -8.15. The van der Waals surface area contributed by atoms with Gasteiger partial charge in [0.25, 0.3) is 0 Å². The molecule has 0 aromatic heterocycles. The number of carbonyl (C=O) groups excluding carboxylic acids is 9. The van der Waals surface area contributed by atoms with E-state index in [2.05, 4.69) is 52.8 Å². The monoisotopic (exact) mass is 1140 g/mol. The summed E-state index contributed by atoms with van der Waals surface area (Å²) in [6.07, 6.45) is -3.94. The third-order valence-electron chi connectivity index (χ3n) is 12.0. The van der Waals surface area contributed by atoms with E-state index in [0.717, 1.165) is 6.92 Å². The maximum atomic E-state index is 14.1. The van der Waals surface area contributed by atoms with E-state index in [4.69, 9.17) is 17.2 Å². The van der Waals surface area contributed by atoms with E-state index >= 15 is 0 Å². The van der Waals surface area contributed by atoms with Crippen LogP contribution >= 0.6 is 0 Å². The number of hydrogen-bond acceptors (Lipinski definition) is 16. The fourth-order valence-corrected chi connectivity index (χ4v) is 7.48. The first kappa shape index (κ1) is 69.9. The van der Waals surface area contributed by atoms with Crippen molar-refractivity contribution in [2.75, 3.05) is 6.54 Å². The molecule has 0 saturated heterocycles. The Bertz CT molecular complexity index is 2360. The number of phenols is 1. The molecule has 0 radical (unpaired) electrons. The number of nitrogens with two attached hydrogens (primary N) is 3. The number of guanidine groups is 1. The standard InChI is InChI=1S/C50H81N13O17/c1-22(2)19-33(59-46(76)34(21-36(68)69)60-43(73)31(11-10-18-54-50(52)53)57-42(72)30(51)20-28-12-14-29(65)15-13-28)45(75)58-32(16-17-35(66)67)44(74)61-38(24(5)6)48(78)62-37(23(3)4)47(77)56-25(7)40(70)55-26(8)41(71)63-39(27(9)64)49(79)80/h12-15,22-27,30-34,37-39,64-65H,10-11,16-21,51H2,1-9H3,(H,55,70)(H,56,77)(H,57,72)(H,58,75)(H,59,76)(H,60,73)(H,61,74)(H,62,78)(H,63,71)(H,66,67)(H,68,69)(H,79,80)(H4,52,53,54)/t25-,26-,27+,30-,31-,32-,33-,34-,37-,38-,39-/m0/s1. The van der Waals surface area contributed by atoms with Crippen LogP contribution in [-0.4, -0.2) is 176 Å². The van der Waals surface area contributed by atoms with E-state index in [9.17, 15) is 83.1 Å². The average molecular weight is 1140 g/mol. The summed E-state index contributed by atoms with van der Waals surface area (Å²) in [7, 11) is 0. The smallest absolute Gasteiger partial charge is 0.328 e. The number of amides is 9. The lowest BCUT2D eigenvalue weighted by molar-refractivity contribution is -0.145. The highest BCUT2D eigenvalue weighted by atomic mass is 16.4. The summed E-state index contributed by atoms with van der Waals surface area (Å²) in [5.41, 5.74) is 17.5. The molecule has 30 heteroatoms. The van der Waals surface area contributed by atoms with Crippen LogP contribution in [-0.2, 0) is 64.0 Å². The zero-order valence-electron chi connectivity index (χ0n) is 46.4. The quantitative estimate of drug-likeness (QED) is 0.0174. The number of rotatable bonds is 35. The number of aliphatic hydroxyl groups is 1. The van der Waals surface area contributed by atoms with Crippen LogP contribution in [0.4, 0.5) is 0 Å². The van der Waals surface area contributed by atoms with E-state index in [-0.39, 0.29) is 49.9 Å². The zero-order chi connectivity index (χ0) is 61.3. The van der Waals surface area contributed by atoms with Crippen molar-refractivity contribution >= 4 is 77.0 Å². The second kappa shape index (κ2) is 34.0. The molecule has 9 amide bonds. The second-order valence-corrected chi connectivity index (χ2v) is 20.3. The lowest BCUT2D eigenvalue weighted by atomic mass is 9.98. The van der Waals surface area contributed by atoms with Gasteiger partial charge in [-0.05, 0) is 88.3 Å².